The number of ketones is 1. The molecular weight excluding hydrogens is 250 g/mol. The van der Waals surface area contributed by atoms with Gasteiger partial charge in [-0.05, 0) is 42.5 Å². The number of phenols is 1. The predicted molar refractivity (Wildman–Crippen MR) is 80.4 cm³/mol. The second-order valence-electron chi connectivity index (χ2n) is 4.83. The largest absolute Gasteiger partial charge is 0.507 e. The molecule has 0 fully saturated rings. The molecule has 2 N–H and O–H groups in total. The first-order valence-electron chi connectivity index (χ1n) is 6.49. The molecule has 0 radical (unpaired) electrons. The molecule has 0 aliphatic carbocycles. The summed E-state index contributed by atoms with van der Waals surface area (Å²) in [7, 11) is 4.07. The maximum atomic E-state index is 12.0. The van der Waals surface area contributed by atoms with Gasteiger partial charge in [0.15, 0.2) is 5.78 Å². The van der Waals surface area contributed by atoms with E-state index in [0.29, 0.717) is 11.1 Å². The average Bonchev–Trinajstić information content (AvgIpc) is 2.46. The van der Waals surface area contributed by atoms with Gasteiger partial charge in [-0.15, -0.1) is 0 Å². The first-order chi connectivity index (χ1) is 9.58. The topological polar surface area (TPSA) is 41.7 Å². The fourth-order valence-electron chi connectivity index (χ4n) is 1.86. The van der Waals surface area contributed by atoms with Gasteiger partial charge < -0.3 is 10.0 Å². The predicted octanol–water partition coefficient (Wildman–Crippen LogP) is 2.06. The standard InChI is InChI=1S/C17H17NO2/c1-18(2)15-10-7-14(8-11-15)17(20)12-9-13-5-3-4-6-16(13)19/h3-12,19H,1-2H3/p+1/b12-9-. The number of allylic oxidation sites excluding steroid dienone is 1. The number of hydrogen-bond acceptors (Lipinski definition) is 2. The van der Waals surface area contributed by atoms with Crippen molar-refractivity contribution >= 4 is 17.5 Å². The lowest BCUT2D eigenvalue weighted by Crippen LogP contribution is -3.00. The second-order valence-corrected chi connectivity index (χ2v) is 4.83. The zero-order valence-electron chi connectivity index (χ0n) is 11.6. The van der Waals surface area contributed by atoms with Gasteiger partial charge in [0.25, 0.3) is 0 Å². The molecule has 20 heavy (non-hydrogen) atoms. The Morgan fingerprint density at radius 2 is 1.70 bits per heavy atom. The molecule has 0 saturated heterocycles. The third-order valence-electron chi connectivity index (χ3n) is 3.10. The highest BCUT2D eigenvalue weighted by atomic mass is 16.3. The Bertz CT molecular complexity index is 628. The van der Waals surface area contributed by atoms with Gasteiger partial charge in [-0.3, -0.25) is 4.79 Å². The van der Waals surface area contributed by atoms with Crippen LogP contribution in [0, 0.1) is 0 Å². The van der Waals surface area contributed by atoms with Crippen LogP contribution in [0.5, 0.6) is 5.75 Å². The van der Waals surface area contributed by atoms with Gasteiger partial charge in [-0.1, -0.05) is 18.2 Å². The maximum absolute atomic E-state index is 12.0. The molecule has 0 amide bonds. The lowest BCUT2D eigenvalue weighted by atomic mass is 10.1. The molecule has 0 unspecified atom stereocenters. The van der Waals surface area contributed by atoms with Crippen LogP contribution in [-0.4, -0.2) is 25.0 Å². The highest BCUT2D eigenvalue weighted by Gasteiger charge is 2.05. The molecule has 0 heterocycles. The van der Waals surface area contributed by atoms with Crippen LogP contribution in [0.4, 0.5) is 5.69 Å². The molecular formula is C17H18NO2+. The number of carbonyl (C=O) groups excluding carboxylic acids is 1. The fourth-order valence-corrected chi connectivity index (χ4v) is 1.86. The first kappa shape index (κ1) is 14.0. The van der Waals surface area contributed by atoms with E-state index in [1.807, 2.05) is 44.4 Å². The molecule has 2 aromatic rings. The van der Waals surface area contributed by atoms with Crippen molar-refractivity contribution in [3.05, 3.63) is 65.7 Å². The number of hydrogen-bond donors (Lipinski definition) is 2. The zero-order chi connectivity index (χ0) is 14.5. The Hall–Kier alpha value is -2.39. The van der Waals surface area contributed by atoms with Crippen LogP contribution in [-0.2, 0) is 0 Å². The second kappa shape index (κ2) is 6.17. The molecule has 3 heteroatoms. The van der Waals surface area contributed by atoms with E-state index < -0.39 is 0 Å². The minimum absolute atomic E-state index is 0.0754. The van der Waals surface area contributed by atoms with Crippen molar-refractivity contribution < 1.29 is 14.8 Å². The van der Waals surface area contributed by atoms with Crippen LogP contribution in [0.2, 0.25) is 0 Å². The van der Waals surface area contributed by atoms with Gasteiger partial charge in [-0.2, -0.15) is 0 Å². The van der Waals surface area contributed by atoms with E-state index in [1.54, 1.807) is 24.3 Å². The molecule has 0 spiro atoms. The van der Waals surface area contributed by atoms with Crippen LogP contribution in [0.1, 0.15) is 15.9 Å². The summed E-state index contributed by atoms with van der Waals surface area (Å²) < 4.78 is 0. The Morgan fingerprint density at radius 3 is 2.30 bits per heavy atom. The number of phenolic OH excluding ortho intramolecular Hbond substituents is 1. The number of aromatic hydroxyl groups is 1. The average molecular weight is 268 g/mol. The van der Waals surface area contributed by atoms with Gasteiger partial charge >= 0.3 is 0 Å². The van der Waals surface area contributed by atoms with E-state index in [2.05, 4.69) is 0 Å². The highest BCUT2D eigenvalue weighted by Crippen LogP contribution is 2.17. The molecule has 0 bridgehead atoms. The summed E-state index contributed by atoms with van der Waals surface area (Å²) in [5.74, 6) is 0.0941. The van der Waals surface area contributed by atoms with Crippen molar-refractivity contribution in [3.8, 4) is 5.75 Å². The third kappa shape index (κ3) is 3.33. The SMILES string of the molecule is C[NH+](C)c1ccc(C(=O)/C=C\c2ccccc2O)cc1. The van der Waals surface area contributed by atoms with Crippen molar-refractivity contribution in [1.82, 2.24) is 0 Å². The number of rotatable bonds is 4. The van der Waals surface area contributed by atoms with Gasteiger partial charge in [-0.25, -0.2) is 0 Å². The summed E-state index contributed by atoms with van der Waals surface area (Å²) in [5, 5.41) is 9.63. The zero-order valence-corrected chi connectivity index (χ0v) is 11.6. The fraction of sp³-hybridized carbons (Fsp3) is 0.118. The van der Waals surface area contributed by atoms with E-state index in [4.69, 9.17) is 0 Å². The quantitative estimate of drug-likeness (QED) is 0.658. The van der Waals surface area contributed by atoms with Crippen LogP contribution < -0.4 is 4.90 Å². The van der Waals surface area contributed by atoms with Gasteiger partial charge in [0.05, 0.1) is 14.1 Å². The Morgan fingerprint density at radius 1 is 1.05 bits per heavy atom. The van der Waals surface area contributed by atoms with E-state index in [0.717, 1.165) is 5.69 Å². The van der Waals surface area contributed by atoms with Crippen molar-refractivity contribution in [2.45, 2.75) is 0 Å². The molecule has 2 aromatic carbocycles. The summed E-state index contributed by atoms with van der Waals surface area (Å²) in [6.45, 7) is 0. The summed E-state index contributed by atoms with van der Waals surface area (Å²) in [4.78, 5) is 13.3. The summed E-state index contributed by atoms with van der Waals surface area (Å²) in [6.07, 6.45) is 3.11. The van der Waals surface area contributed by atoms with Crippen LogP contribution in [0.15, 0.2) is 54.6 Å². The summed E-state index contributed by atoms with van der Waals surface area (Å²) in [5.41, 5.74) is 2.41. The monoisotopic (exact) mass is 268 g/mol. The smallest absolute Gasteiger partial charge is 0.185 e. The minimum atomic E-state index is -0.0754. The van der Waals surface area contributed by atoms with Crippen molar-refractivity contribution in [2.24, 2.45) is 0 Å². The minimum Gasteiger partial charge on any atom is -0.507 e. The van der Waals surface area contributed by atoms with Crippen molar-refractivity contribution in [2.75, 3.05) is 14.1 Å². The summed E-state index contributed by atoms with van der Waals surface area (Å²) >= 11 is 0. The number of nitrogens with one attached hydrogen (secondary N) is 1. The Kier molecular flexibility index (Phi) is 4.33. The molecule has 3 nitrogen and oxygen atoms in total. The molecule has 0 atom stereocenters. The van der Waals surface area contributed by atoms with Crippen LogP contribution in [0.25, 0.3) is 6.08 Å². The Labute approximate surface area is 118 Å². The van der Waals surface area contributed by atoms with E-state index in [-0.39, 0.29) is 11.5 Å². The molecule has 0 saturated carbocycles. The van der Waals surface area contributed by atoms with Crippen LogP contribution in [0.3, 0.4) is 0 Å². The maximum Gasteiger partial charge on any atom is 0.185 e. The van der Waals surface area contributed by atoms with Gasteiger partial charge in [0.1, 0.15) is 11.4 Å². The third-order valence-corrected chi connectivity index (χ3v) is 3.10. The van der Waals surface area contributed by atoms with Crippen LogP contribution >= 0.6 is 0 Å². The number of para-hydroxylation sites is 1. The summed E-state index contributed by atoms with van der Waals surface area (Å²) in [6, 6.07) is 14.4. The highest BCUT2D eigenvalue weighted by molar-refractivity contribution is 6.07. The van der Waals surface area contributed by atoms with E-state index in [1.165, 1.54) is 11.0 Å². The number of benzene rings is 2. The van der Waals surface area contributed by atoms with Gasteiger partial charge in [0, 0.05) is 11.1 Å². The molecule has 0 aliphatic heterocycles. The lowest BCUT2D eigenvalue weighted by molar-refractivity contribution is -0.786. The Balaban J connectivity index is 2.14. The van der Waals surface area contributed by atoms with E-state index >= 15 is 0 Å². The van der Waals surface area contributed by atoms with Gasteiger partial charge in [0.2, 0.25) is 0 Å². The molecule has 2 rings (SSSR count). The van der Waals surface area contributed by atoms with Crippen molar-refractivity contribution in [3.63, 3.8) is 0 Å². The number of carbonyl (C=O) groups is 1. The molecule has 0 aliphatic rings. The molecule has 0 aromatic heterocycles. The van der Waals surface area contributed by atoms with Crippen molar-refractivity contribution in [1.29, 1.82) is 0 Å². The first-order valence-corrected chi connectivity index (χ1v) is 6.49. The normalized spacial score (nSPS) is 11.2. The van der Waals surface area contributed by atoms with E-state index in [9.17, 15) is 9.90 Å². The lowest BCUT2D eigenvalue weighted by Gasteiger charge is -2.06. The number of quaternary nitrogens is 1. The molecule has 102 valence electrons.